The van der Waals surface area contributed by atoms with Gasteiger partial charge in [0.05, 0.1) is 17.1 Å². The summed E-state index contributed by atoms with van der Waals surface area (Å²) in [5, 5.41) is 0. The van der Waals surface area contributed by atoms with Crippen molar-refractivity contribution in [3.63, 3.8) is 0 Å². The normalized spacial score (nSPS) is 25.9. The molecule has 2 atom stereocenters. The van der Waals surface area contributed by atoms with Crippen LogP contribution in [-0.2, 0) is 4.74 Å². The lowest BCUT2D eigenvalue weighted by Crippen LogP contribution is -2.15. The molecule has 100 valence electrons. The van der Waals surface area contributed by atoms with Gasteiger partial charge in [0.2, 0.25) is 0 Å². The molecule has 2 unspecified atom stereocenters. The minimum Gasteiger partial charge on any atom is -0.486 e. The van der Waals surface area contributed by atoms with Crippen molar-refractivity contribution in [3.8, 4) is 11.5 Å². The quantitative estimate of drug-likeness (QED) is 0.856. The molecule has 1 aromatic carbocycles. The van der Waals surface area contributed by atoms with Gasteiger partial charge in [-0.1, -0.05) is 0 Å². The van der Waals surface area contributed by atoms with Crippen molar-refractivity contribution >= 4 is 11.0 Å². The number of hydrogen-bond acceptors (Lipinski definition) is 4. The van der Waals surface area contributed by atoms with E-state index in [0.717, 1.165) is 41.2 Å². The SMILES string of the molecule is CC1CCC(c2nc3cc4c(cc3[nH]2)OCCO4)O1. The number of rotatable bonds is 1. The number of aromatic amines is 1. The van der Waals surface area contributed by atoms with Gasteiger partial charge in [-0.2, -0.15) is 0 Å². The zero-order valence-corrected chi connectivity index (χ0v) is 10.8. The molecule has 2 aliphatic heterocycles. The second-order valence-electron chi connectivity index (χ2n) is 5.15. The lowest BCUT2D eigenvalue weighted by Gasteiger charge is -2.17. The van der Waals surface area contributed by atoms with Crippen molar-refractivity contribution in [1.29, 1.82) is 0 Å². The molecule has 1 fully saturated rings. The number of nitrogens with one attached hydrogen (secondary N) is 1. The maximum absolute atomic E-state index is 5.85. The number of ether oxygens (including phenoxy) is 3. The van der Waals surface area contributed by atoms with E-state index in [1.807, 2.05) is 12.1 Å². The number of imidazole rings is 1. The van der Waals surface area contributed by atoms with Gasteiger partial charge in [0.1, 0.15) is 25.1 Å². The Morgan fingerprint density at radius 2 is 1.95 bits per heavy atom. The Kier molecular flexibility index (Phi) is 2.41. The van der Waals surface area contributed by atoms with E-state index < -0.39 is 0 Å². The Labute approximate surface area is 110 Å². The maximum Gasteiger partial charge on any atom is 0.163 e. The molecule has 1 saturated heterocycles. The molecule has 0 radical (unpaired) electrons. The summed E-state index contributed by atoms with van der Waals surface area (Å²) in [6.07, 6.45) is 2.51. The van der Waals surface area contributed by atoms with Crippen LogP contribution < -0.4 is 9.47 Å². The van der Waals surface area contributed by atoms with Crippen LogP contribution in [0.3, 0.4) is 0 Å². The van der Waals surface area contributed by atoms with E-state index in [-0.39, 0.29) is 6.10 Å². The zero-order valence-electron chi connectivity index (χ0n) is 10.8. The summed E-state index contributed by atoms with van der Waals surface area (Å²) in [5.41, 5.74) is 1.88. The lowest BCUT2D eigenvalue weighted by molar-refractivity contribution is 0.0510. The highest BCUT2D eigenvalue weighted by Gasteiger charge is 2.26. The largest absolute Gasteiger partial charge is 0.486 e. The molecule has 5 nitrogen and oxygen atoms in total. The monoisotopic (exact) mass is 260 g/mol. The van der Waals surface area contributed by atoms with Crippen molar-refractivity contribution in [1.82, 2.24) is 9.97 Å². The maximum atomic E-state index is 5.85. The van der Waals surface area contributed by atoms with Gasteiger partial charge in [-0.05, 0) is 19.8 Å². The molecule has 0 aliphatic carbocycles. The first-order valence-corrected chi connectivity index (χ1v) is 6.74. The molecule has 3 heterocycles. The smallest absolute Gasteiger partial charge is 0.163 e. The first-order chi connectivity index (χ1) is 9.29. The topological polar surface area (TPSA) is 56.4 Å². The highest BCUT2D eigenvalue weighted by atomic mass is 16.6. The van der Waals surface area contributed by atoms with Gasteiger partial charge < -0.3 is 19.2 Å². The highest BCUT2D eigenvalue weighted by Crippen LogP contribution is 2.36. The number of fused-ring (bicyclic) bond motifs is 2. The minimum absolute atomic E-state index is 0.0845. The van der Waals surface area contributed by atoms with E-state index in [1.54, 1.807) is 0 Å². The fourth-order valence-corrected chi connectivity index (χ4v) is 2.72. The summed E-state index contributed by atoms with van der Waals surface area (Å²) in [7, 11) is 0. The highest BCUT2D eigenvalue weighted by molar-refractivity contribution is 5.80. The van der Waals surface area contributed by atoms with Crippen molar-refractivity contribution in [2.24, 2.45) is 0 Å². The minimum atomic E-state index is 0.0845. The van der Waals surface area contributed by atoms with Crippen LogP contribution >= 0.6 is 0 Å². The molecule has 1 N–H and O–H groups in total. The number of aromatic nitrogens is 2. The predicted octanol–water partition coefficient (Wildman–Crippen LogP) is 2.57. The summed E-state index contributed by atoms with van der Waals surface area (Å²) in [6.45, 7) is 3.30. The Hall–Kier alpha value is -1.75. The molecule has 1 aromatic heterocycles. The Morgan fingerprint density at radius 1 is 1.16 bits per heavy atom. The fourth-order valence-electron chi connectivity index (χ4n) is 2.72. The van der Waals surface area contributed by atoms with Crippen LogP contribution in [0.25, 0.3) is 11.0 Å². The molecule has 0 spiro atoms. The molecule has 0 bridgehead atoms. The first kappa shape index (κ1) is 11.1. The van der Waals surface area contributed by atoms with Crippen molar-refractivity contribution in [3.05, 3.63) is 18.0 Å². The molecule has 2 aliphatic rings. The molecule has 0 amide bonds. The van der Waals surface area contributed by atoms with Crippen LogP contribution in [0.2, 0.25) is 0 Å². The summed E-state index contributed by atoms with van der Waals surface area (Å²) in [4.78, 5) is 7.96. The van der Waals surface area contributed by atoms with Crippen LogP contribution in [0.1, 0.15) is 31.7 Å². The van der Waals surface area contributed by atoms with Gasteiger partial charge in [0.25, 0.3) is 0 Å². The van der Waals surface area contributed by atoms with Crippen LogP contribution in [-0.4, -0.2) is 29.3 Å². The third-order valence-electron chi connectivity index (χ3n) is 3.70. The van der Waals surface area contributed by atoms with Crippen molar-refractivity contribution < 1.29 is 14.2 Å². The first-order valence-electron chi connectivity index (χ1n) is 6.74. The number of nitrogens with zero attached hydrogens (tertiary/aromatic N) is 1. The van der Waals surface area contributed by atoms with Crippen LogP contribution in [0.5, 0.6) is 11.5 Å². The van der Waals surface area contributed by atoms with Gasteiger partial charge >= 0.3 is 0 Å². The summed E-state index contributed by atoms with van der Waals surface area (Å²) >= 11 is 0. The molecular weight excluding hydrogens is 244 g/mol. The number of hydrogen-bond donors (Lipinski definition) is 1. The number of H-pyrrole nitrogens is 1. The number of benzene rings is 1. The molecular formula is C14H16N2O3. The fraction of sp³-hybridized carbons (Fsp3) is 0.500. The van der Waals surface area contributed by atoms with Crippen molar-refractivity contribution in [2.75, 3.05) is 13.2 Å². The predicted molar refractivity (Wildman–Crippen MR) is 69.6 cm³/mol. The Balaban J connectivity index is 1.74. The average Bonchev–Trinajstić information content (AvgIpc) is 3.01. The molecule has 2 aromatic rings. The lowest BCUT2D eigenvalue weighted by atomic mass is 10.2. The average molecular weight is 260 g/mol. The van der Waals surface area contributed by atoms with Crippen LogP contribution in [0.4, 0.5) is 0 Å². The van der Waals surface area contributed by atoms with Gasteiger partial charge in [-0.3, -0.25) is 0 Å². The second kappa shape index (κ2) is 4.13. The van der Waals surface area contributed by atoms with E-state index in [1.165, 1.54) is 0 Å². The van der Waals surface area contributed by atoms with E-state index in [0.29, 0.717) is 19.3 Å². The Morgan fingerprint density at radius 3 is 2.68 bits per heavy atom. The molecule has 0 saturated carbocycles. The zero-order chi connectivity index (χ0) is 12.8. The third kappa shape index (κ3) is 1.85. The van der Waals surface area contributed by atoms with E-state index in [4.69, 9.17) is 14.2 Å². The summed E-state index contributed by atoms with van der Waals surface area (Å²) in [6, 6.07) is 3.89. The second-order valence-corrected chi connectivity index (χ2v) is 5.15. The van der Waals surface area contributed by atoms with Crippen LogP contribution in [0.15, 0.2) is 12.1 Å². The van der Waals surface area contributed by atoms with Crippen LogP contribution in [0, 0.1) is 0 Å². The van der Waals surface area contributed by atoms with Crippen molar-refractivity contribution in [2.45, 2.75) is 32.0 Å². The van der Waals surface area contributed by atoms with E-state index in [9.17, 15) is 0 Å². The van der Waals surface area contributed by atoms with E-state index in [2.05, 4.69) is 16.9 Å². The molecule has 19 heavy (non-hydrogen) atoms. The van der Waals surface area contributed by atoms with Gasteiger partial charge in [0.15, 0.2) is 11.5 Å². The third-order valence-corrected chi connectivity index (χ3v) is 3.70. The molecule has 5 heteroatoms. The standard InChI is InChI=1S/C14H16N2O3/c1-8-2-3-11(19-8)14-15-9-6-12-13(7-10(9)16-14)18-5-4-17-12/h6-8,11H,2-5H2,1H3,(H,15,16). The van der Waals surface area contributed by atoms with E-state index >= 15 is 0 Å². The Bertz CT molecular complexity index is 579. The summed E-state index contributed by atoms with van der Waals surface area (Å²) < 4.78 is 17.0. The van der Waals surface area contributed by atoms with Gasteiger partial charge in [0, 0.05) is 12.1 Å². The molecule has 4 rings (SSSR count). The summed E-state index contributed by atoms with van der Waals surface area (Å²) in [5.74, 6) is 2.47. The van der Waals surface area contributed by atoms with Gasteiger partial charge in [-0.15, -0.1) is 0 Å². The van der Waals surface area contributed by atoms with Gasteiger partial charge in [-0.25, -0.2) is 4.98 Å².